The van der Waals surface area contributed by atoms with E-state index in [0.717, 1.165) is 11.5 Å². The molecule has 0 aliphatic heterocycles. The smallest absolute Gasteiger partial charge is 0.0680 e. The van der Waals surface area contributed by atoms with E-state index in [4.69, 9.17) is 9.37 Å². The number of hydrogen-bond acceptors (Lipinski definition) is 1. The Morgan fingerprint density at radius 3 is 0.921 bits per heavy atom. The molecule has 0 aliphatic rings. The van der Waals surface area contributed by atoms with Crippen LogP contribution in [0, 0.1) is 39.9 Å². The Balaban J connectivity index is -0.000000204. The lowest BCUT2D eigenvalue weighted by Crippen LogP contribution is -2.32. The lowest BCUT2D eigenvalue weighted by molar-refractivity contribution is 0.283. The first-order chi connectivity index (χ1) is 33.8. The predicted molar refractivity (Wildman–Crippen MR) is 361 cm³/mol. The summed E-state index contributed by atoms with van der Waals surface area (Å²) in [7, 11) is -0.859. The Morgan fingerprint density at radius 2 is 0.750 bits per heavy atom. The molecule has 0 aliphatic carbocycles. The van der Waals surface area contributed by atoms with Gasteiger partial charge in [0.2, 0.25) is 0 Å². The summed E-state index contributed by atoms with van der Waals surface area (Å²) in [4.78, 5) is 0. The van der Waals surface area contributed by atoms with Gasteiger partial charge < -0.3 is 0 Å². The van der Waals surface area contributed by atoms with E-state index in [-0.39, 0.29) is 46.3 Å². The van der Waals surface area contributed by atoms with E-state index < -0.39 is 14.0 Å². The summed E-state index contributed by atoms with van der Waals surface area (Å²) >= 11 is 0. The fourth-order valence-electron chi connectivity index (χ4n) is 6.16. The van der Waals surface area contributed by atoms with Crippen molar-refractivity contribution in [1.29, 1.82) is 5.26 Å². The first kappa shape index (κ1) is 77.6. The van der Waals surface area contributed by atoms with Crippen LogP contribution in [0.4, 0.5) is 0 Å². The molecule has 3 aromatic rings. The van der Waals surface area contributed by atoms with E-state index in [0.29, 0.717) is 28.2 Å². The van der Waals surface area contributed by atoms with Crippen LogP contribution in [0.25, 0.3) is 0 Å². The highest BCUT2D eigenvalue weighted by Crippen LogP contribution is 2.40. The maximum absolute atomic E-state index is 8.39. The van der Waals surface area contributed by atoms with Crippen molar-refractivity contribution in [2.24, 2.45) is 28.5 Å². The van der Waals surface area contributed by atoms with Gasteiger partial charge in [-0.1, -0.05) is 323 Å². The predicted octanol–water partition coefficient (Wildman–Crippen LogP) is 26.1. The van der Waals surface area contributed by atoms with Crippen LogP contribution in [-0.2, 0) is 21.7 Å². The van der Waals surface area contributed by atoms with Crippen LogP contribution in [0.1, 0.15) is 336 Å². The van der Waals surface area contributed by atoms with Crippen LogP contribution in [0.5, 0.6) is 0 Å². The van der Waals surface area contributed by atoms with Gasteiger partial charge in [-0.15, -0.1) is 0 Å². The third kappa shape index (κ3) is 40.5. The monoisotopic (exact) mass is 1080 g/mol. The van der Waals surface area contributed by atoms with Gasteiger partial charge in [-0.25, -0.2) is 0 Å². The molecule has 0 atom stereocenters. The minimum absolute atomic E-state index is 0. The van der Waals surface area contributed by atoms with E-state index in [9.17, 15) is 0 Å². The topological polar surface area (TPSA) is 23.8 Å². The zero-order valence-electron chi connectivity index (χ0n) is 61.5. The molecule has 0 radical (unpaired) electrons. The second-order valence-corrected chi connectivity index (χ2v) is 38.0. The summed E-state index contributed by atoms with van der Waals surface area (Å²) < 4.78 is 22.9. The normalized spacial score (nSPS) is 13.1. The van der Waals surface area contributed by atoms with Gasteiger partial charge in [0.05, 0.1) is 6.07 Å². The maximum atomic E-state index is 8.39. The zero-order valence-corrected chi connectivity index (χ0v) is 59.5. The van der Waals surface area contributed by atoms with Crippen LogP contribution in [0.15, 0.2) is 60.7 Å². The number of rotatable bonds is 4. The number of benzene rings is 3. The van der Waals surface area contributed by atoms with Crippen molar-refractivity contribution < 1.29 is 4.11 Å². The summed E-state index contributed by atoms with van der Waals surface area (Å²) in [5.74, 6) is 1.50. The average Bonchev–Trinajstić information content (AvgIpc) is 3.17. The molecule has 3 aromatic carbocycles. The van der Waals surface area contributed by atoms with Crippen LogP contribution in [-0.4, -0.2) is 8.07 Å². The van der Waals surface area contributed by atoms with Crippen molar-refractivity contribution in [3.63, 3.8) is 0 Å². The quantitative estimate of drug-likeness (QED) is 0.239. The molecule has 0 saturated heterocycles. The Labute approximate surface area is 488 Å². The first-order valence-electron chi connectivity index (χ1n) is 30.6. The summed E-state index contributed by atoms with van der Waals surface area (Å²) in [5.41, 5.74) is 12.1. The van der Waals surface area contributed by atoms with Crippen molar-refractivity contribution in [2.75, 3.05) is 0 Å². The van der Waals surface area contributed by atoms with Crippen LogP contribution in [0.2, 0.25) is 24.7 Å². The molecule has 76 heavy (non-hydrogen) atoms. The molecule has 0 heterocycles. The number of hydrogen-bond donors (Lipinski definition) is 0. The van der Waals surface area contributed by atoms with Gasteiger partial charge in [0.15, 0.2) is 0 Å². The summed E-state index contributed by atoms with van der Waals surface area (Å²) in [6, 6.07) is 24.0. The molecule has 0 bridgehead atoms. The van der Waals surface area contributed by atoms with Crippen molar-refractivity contribution in [3.05, 3.63) is 105 Å². The molecule has 0 N–H and O–H groups in total. The van der Waals surface area contributed by atoms with E-state index in [2.05, 4.69) is 273 Å². The highest BCUT2D eigenvalue weighted by atomic mass is 28.3. The summed E-state index contributed by atoms with van der Waals surface area (Å²) in [6.45, 7) is 87.0. The average molecular weight is 1080 g/mol. The second kappa shape index (κ2) is 35.9. The van der Waals surface area contributed by atoms with Crippen molar-refractivity contribution in [1.82, 2.24) is 0 Å². The molecule has 0 spiro atoms. The van der Waals surface area contributed by atoms with Gasteiger partial charge in [0.25, 0.3) is 0 Å². The third-order valence-electron chi connectivity index (χ3n) is 12.8. The first-order valence-corrected chi connectivity index (χ1v) is 32.6. The van der Waals surface area contributed by atoms with Crippen LogP contribution >= 0.6 is 0 Å². The van der Waals surface area contributed by atoms with Crippen LogP contribution < -0.4 is 0 Å². The molecule has 0 amide bonds. The largest absolute Gasteiger partial charge is 0.198 e. The fraction of sp³-hybridized carbons (Fsp3) is 0.743. The van der Waals surface area contributed by atoms with Gasteiger partial charge >= 0.3 is 0 Å². The molecule has 2 heteroatoms. The molecule has 0 saturated carbocycles. The van der Waals surface area contributed by atoms with E-state index in [1.54, 1.807) is 16.7 Å². The Hall–Kier alpha value is -2.63. The Bertz CT molecular complexity index is 1990. The van der Waals surface area contributed by atoms with Gasteiger partial charge in [0.1, 0.15) is 0 Å². The SMILES string of the molecule is C.CC(C)(C)C#N.CC(C)(C)[Si](C)(C)C.CC(C)(C)c1ccccc1.CC(C)C.CC(C)c1cc(C(C)C)c(C(C)(C)C)c(C(C)C)c1.[2H]C(C)(C)C.[2H]C(C)(C)C(C)(C)C.[2H]C(C)(C)c1cccc(C(C)(C)C)c1C(C)(C)C. The lowest BCUT2D eigenvalue weighted by atomic mass is 9.71. The fourth-order valence-corrected chi connectivity index (χ4v) is 6.16. The number of nitrogens with zero attached hydrogens (tertiary/aromatic N) is 1. The molecule has 1 nitrogen and oxygen atoms in total. The molecule has 446 valence electrons. The van der Waals surface area contributed by atoms with Crippen LogP contribution in [0.3, 0.4) is 0 Å². The Kier molecular flexibility index (Phi) is 36.6. The van der Waals surface area contributed by atoms with E-state index in [1.807, 2.05) is 69.2 Å². The molecular weight excluding hydrogens is 931 g/mol. The molecular formula is C74H141NSi. The summed E-state index contributed by atoms with van der Waals surface area (Å²) in [5, 5.41) is 8.73. The molecule has 3 rings (SSSR count). The van der Waals surface area contributed by atoms with Gasteiger partial charge in [0, 0.05) is 17.6 Å². The second-order valence-electron chi connectivity index (χ2n) is 32.0. The molecule has 0 aromatic heterocycles. The highest BCUT2D eigenvalue weighted by Gasteiger charge is 2.30. The lowest BCUT2D eigenvalue weighted by Gasteiger charge is -2.33. The zero-order chi connectivity index (χ0) is 64.2. The van der Waals surface area contributed by atoms with Gasteiger partial charge in [-0.2, -0.15) is 5.26 Å². The minimum Gasteiger partial charge on any atom is -0.198 e. The Morgan fingerprint density at radius 1 is 0.447 bits per heavy atom. The van der Waals surface area contributed by atoms with Gasteiger partial charge in [-0.3, -0.25) is 0 Å². The van der Waals surface area contributed by atoms with Gasteiger partial charge in [-0.05, 0) is 139 Å². The third-order valence-corrected chi connectivity index (χ3v) is 17.3. The summed E-state index contributed by atoms with van der Waals surface area (Å²) in [6.07, 6.45) is 0. The standard InChI is InChI=1S/C19H32.C17H28.C10H14.C7H18Si.C7H16.C5H9N.2C4H10.CH4/c1-12(2)15-10-16(13(3)4)18(19(7,8)9)17(11-15)14(5)6;1-12(2)13-10-9-11-14(16(3,4)5)15(13)17(6,7)8;1-10(2,3)9-7-5-4-6-8-9;1-7(2,3)8(4,5)6;1-6(2)7(3,4)5;1-5(2,3)4-6;2*1-4(2)3;/h10-14H,1-9H3;9-12H,1-8H3;4-8H,1-3H3;1-6H3;6H,1-5H3;1-3H3;2*4H,1-3H3;1H4/i;12D;;;6D;;4D;;. The van der Waals surface area contributed by atoms with Crippen molar-refractivity contribution in [2.45, 2.75) is 334 Å². The van der Waals surface area contributed by atoms with E-state index >= 15 is 0 Å². The maximum Gasteiger partial charge on any atom is 0.0680 e. The molecule has 0 unspecified atom stereocenters. The van der Waals surface area contributed by atoms with Crippen molar-refractivity contribution >= 4 is 8.07 Å². The van der Waals surface area contributed by atoms with E-state index in [1.165, 1.54) is 22.3 Å². The number of nitriles is 1. The van der Waals surface area contributed by atoms with Crippen molar-refractivity contribution in [3.8, 4) is 6.07 Å². The minimum atomic E-state index is -0.859. The highest BCUT2D eigenvalue weighted by molar-refractivity contribution is 6.78. The molecule has 0 fully saturated rings.